The zero-order valence-corrected chi connectivity index (χ0v) is 8.80. The summed E-state index contributed by atoms with van der Waals surface area (Å²) in [5.41, 5.74) is 0. The van der Waals surface area contributed by atoms with Gasteiger partial charge in [0.05, 0.1) is 13.6 Å². The molecule has 0 aromatic rings. The first kappa shape index (κ1) is 9.72. The van der Waals surface area contributed by atoms with Crippen LogP contribution in [0.3, 0.4) is 0 Å². The van der Waals surface area contributed by atoms with E-state index in [0.717, 1.165) is 10.9 Å². The number of hydrogen-bond acceptors (Lipinski definition) is 1. The average Bonchev–Trinajstić information content (AvgIpc) is 2.43. The van der Waals surface area contributed by atoms with Crippen molar-refractivity contribution in [2.24, 2.45) is 4.99 Å². The van der Waals surface area contributed by atoms with E-state index in [-0.39, 0.29) is 0 Å². The van der Waals surface area contributed by atoms with E-state index in [0.29, 0.717) is 6.04 Å². The Kier molecular flexibility index (Phi) is 2.89. The zero-order chi connectivity index (χ0) is 9.19. The number of hydrogen-bond donors (Lipinski definition) is 0. The molecule has 0 aromatic heterocycles. The third-order valence-electron chi connectivity index (χ3n) is 3.05. The first-order valence-electron chi connectivity index (χ1n) is 5.08. The third-order valence-corrected chi connectivity index (χ3v) is 3.05. The molecule has 0 radical (unpaired) electrons. The van der Waals surface area contributed by atoms with Gasteiger partial charge in [-0.05, 0) is 13.3 Å². The van der Waals surface area contributed by atoms with Gasteiger partial charge in [-0.25, -0.2) is 4.99 Å². The van der Waals surface area contributed by atoms with Gasteiger partial charge in [0.1, 0.15) is 12.6 Å². The van der Waals surface area contributed by atoms with E-state index >= 15 is 0 Å². The fraction of sp³-hybridized carbons (Fsp3) is 0.900. The molecule has 0 aliphatic carbocycles. The molecular formula is C10H21N2+. The van der Waals surface area contributed by atoms with Crippen LogP contribution in [0.5, 0.6) is 0 Å². The monoisotopic (exact) mass is 169 g/mol. The maximum absolute atomic E-state index is 4.74. The molecule has 12 heavy (non-hydrogen) atoms. The summed E-state index contributed by atoms with van der Waals surface area (Å²) < 4.78 is 1.08. The van der Waals surface area contributed by atoms with E-state index in [1.54, 1.807) is 0 Å². The summed E-state index contributed by atoms with van der Waals surface area (Å²) in [7, 11) is 2.30. The summed E-state index contributed by atoms with van der Waals surface area (Å²) in [5.74, 6) is 1.39. The quantitative estimate of drug-likeness (QED) is 0.573. The minimum atomic E-state index is 0.588. The van der Waals surface area contributed by atoms with Crippen molar-refractivity contribution >= 4 is 5.84 Å². The number of amidine groups is 1. The molecule has 0 spiro atoms. The summed E-state index contributed by atoms with van der Waals surface area (Å²) in [6.07, 6.45) is 2.30. The van der Waals surface area contributed by atoms with Crippen LogP contribution in [0, 0.1) is 0 Å². The lowest BCUT2D eigenvalue weighted by atomic mass is 10.2. The highest BCUT2D eigenvalue weighted by Gasteiger charge is 2.35. The van der Waals surface area contributed by atoms with E-state index in [9.17, 15) is 0 Å². The van der Waals surface area contributed by atoms with Crippen molar-refractivity contribution in [1.29, 1.82) is 0 Å². The minimum absolute atomic E-state index is 0.588. The standard InChI is InChI=1S/C10H21N2/c1-5-9-8-12(4,7-3)10(6-2)11-9/h9H,5-8H2,1-4H3/q+1. The highest BCUT2D eigenvalue weighted by atomic mass is 15.4. The SMILES string of the molecule is CCC1=NC(CC)C[N+]1(C)CC. The Morgan fingerprint density at radius 2 is 2.08 bits per heavy atom. The van der Waals surface area contributed by atoms with Gasteiger partial charge in [0, 0.05) is 6.42 Å². The van der Waals surface area contributed by atoms with Gasteiger partial charge >= 0.3 is 0 Å². The Hall–Kier alpha value is -0.370. The van der Waals surface area contributed by atoms with Crippen molar-refractivity contribution in [2.45, 2.75) is 39.7 Å². The van der Waals surface area contributed by atoms with Crippen molar-refractivity contribution in [3.8, 4) is 0 Å². The molecule has 0 saturated carbocycles. The Balaban J connectivity index is 2.76. The summed E-state index contributed by atoms with van der Waals surface area (Å²) in [6, 6.07) is 0.588. The second kappa shape index (κ2) is 3.56. The summed E-state index contributed by atoms with van der Waals surface area (Å²) in [5, 5.41) is 0. The van der Waals surface area contributed by atoms with Gasteiger partial charge in [0.25, 0.3) is 0 Å². The minimum Gasteiger partial charge on any atom is -0.280 e. The first-order chi connectivity index (χ1) is 5.66. The maximum atomic E-state index is 4.74. The first-order valence-corrected chi connectivity index (χ1v) is 5.08. The zero-order valence-electron chi connectivity index (χ0n) is 8.80. The molecule has 2 atom stereocenters. The molecule has 0 amide bonds. The van der Waals surface area contributed by atoms with Crippen molar-refractivity contribution in [3.63, 3.8) is 0 Å². The van der Waals surface area contributed by atoms with Crippen LogP contribution in [0.4, 0.5) is 0 Å². The Bertz CT molecular complexity index is 186. The van der Waals surface area contributed by atoms with E-state index < -0.39 is 0 Å². The summed E-state index contributed by atoms with van der Waals surface area (Å²) in [4.78, 5) is 4.74. The van der Waals surface area contributed by atoms with Gasteiger partial charge in [-0.1, -0.05) is 13.8 Å². The van der Waals surface area contributed by atoms with E-state index in [2.05, 4.69) is 27.8 Å². The van der Waals surface area contributed by atoms with Crippen LogP contribution in [-0.2, 0) is 0 Å². The molecule has 0 fully saturated rings. The topological polar surface area (TPSA) is 12.4 Å². The van der Waals surface area contributed by atoms with Gasteiger partial charge in [-0.3, -0.25) is 4.48 Å². The lowest BCUT2D eigenvalue weighted by molar-refractivity contribution is -0.815. The average molecular weight is 169 g/mol. The molecule has 1 heterocycles. The number of nitrogens with zero attached hydrogens (tertiary/aromatic N) is 2. The van der Waals surface area contributed by atoms with Crippen LogP contribution < -0.4 is 0 Å². The molecule has 0 saturated heterocycles. The van der Waals surface area contributed by atoms with Crippen molar-refractivity contribution in [3.05, 3.63) is 0 Å². The normalized spacial score (nSPS) is 35.3. The van der Waals surface area contributed by atoms with Gasteiger partial charge in [0.2, 0.25) is 0 Å². The largest absolute Gasteiger partial charge is 0.280 e. The predicted octanol–water partition coefficient (Wildman–Crippen LogP) is 2.05. The predicted molar refractivity (Wildman–Crippen MR) is 53.4 cm³/mol. The summed E-state index contributed by atoms with van der Waals surface area (Å²) in [6.45, 7) is 9.10. The lowest BCUT2D eigenvalue weighted by Crippen LogP contribution is -2.47. The number of aliphatic imine (C=N–C) groups is 1. The molecule has 0 N–H and O–H groups in total. The fourth-order valence-electron chi connectivity index (χ4n) is 1.97. The lowest BCUT2D eigenvalue weighted by Gasteiger charge is -2.28. The van der Waals surface area contributed by atoms with Gasteiger partial charge in [-0.15, -0.1) is 0 Å². The highest BCUT2D eigenvalue weighted by Crippen LogP contribution is 2.20. The number of quaternary nitrogens is 1. The molecule has 0 aromatic carbocycles. The number of rotatable bonds is 3. The van der Waals surface area contributed by atoms with Crippen LogP contribution in [0.1, 0.15) is 33.6 Å². The number of likely N-dealkylation sites (N-methyl/N-ethyl adjacent to an activating group) is 1. The molecule has 2 heteroatoms. The van der Waals surface area contributed by atoms with Crippen molar-refractivity contribution < 1.29 is 4.48 Å². The fourth-order valence-corrected chi connectivity index (χ4v) is 1.97. The van der Waals surface area contributed by atoms with Crippen molar-refractivity contribution in [1.82, 2.24) is 0 Å². The maximum Gasteiger partial charge on any atom is 0.198 e. The van der Waals surface area contributed by atoms with E-state index in [1.165, 1.54) is 25.3 Å². The molecular weight excluding hydrogens is 148 g/mol. The van der Waals surface area contributed by atoms with Gasteiger partial charge in [0.15, 0.2) is 5.84 Å². The second-order valence-corrected chi connectivity index (χ2v) is 3.86. The van der Waals surface area contributed by atoms with Crippen LogP contribution in [-0.4, -0.2) is 36.5 Å². The molecule has 2 nitrogen and oxygen atoms in total. The molecule has 1 aliphatic heterocycles. The third kappa shape index (κ3) is 1.53. The molecule has 70 valence electrons. The van der Waals surface area contributed by atoms with Crippen LogP contribution >= 0.6 is 0 Å². The molecule has 1 aliphatic rings. The Morgan fingerprint density at radius 3 is 2.42 bits per heavy atom. The Morgan fingerprint density at radius 1 is 1.42 bits per heavy atom. The van der Waals surface area contributed by atoms with Gasteiger partial charge in [-0.2, -0.15) is 0 Å². The summed E-state index contributed by atoms with van der Waals surface area (Å²) >= 11 is 0. The van der Waals surface area contributed by atoms with Crippen LogP contribution in [0.2, 0.25) is 0 Å². The Labute approximate surface area is 75.9 Å². The van der Waals surface area contributed by atoms with Gasteiger partial charge < -0.3 is 0 Å². The second-order valence-electron chi connectivity index (χ2n) is 3.86. The van der Waals surface area contributed by atoms with E-state index in [4.69, 9.17) is 4.99 Å². The van der Waals surface area contributed by atoms with Crippen molar-refractivity contribution in [2.75, 3.05) is 20.1 Å². The highest BCUT2D eigenvalue weighted by molar-refractivity contribution is 5.76. The molecule has 2 unspecified atom stereocenters. The molecule has 1 rings (SSSR count). The van der Waals surface area contributed by atoms with E-state index in [1.807, 2.05) is 0 Å². The van der Waals surface area contributed by atoms with Crippen LogP contribution in [0.25, 0.3) is 0 Å². The smallest absolute Gasteiger partial charge is 0.198 e. The molecule has 0 bridgehead atoms. The van der Waals surface area contributed by atoms with Crippen LogP contribution in [0.15, 0.2) is 4.99 Å².